The molecule has 0 saturated carbocycles. The molecule has 0 spiro atoms. The van der Waals surface area contributed by atoms with Gasteiger partial charge in [-0.05, 0) is 28.1 Å². The van der Waals surface area contributed by atoms with Gasteiger partial charge in [0.1, 0.15) is 5.84 Å². The fourth-order valence-electron chi connectivity index (χ4n) is 1.47. The van der Waals surface area contributed by atoms with Crippen LogP contribution in [0.5, 0.6) is 0 Å². The molecule has 0 saturated heterocycles. The van der Waals surface area contributed by atoms with Crippen LogP contribution >= 0.6 is 27.3 Å². The predicted octanol–water partition coefficient (Wildman–Crippen LogP) is 3.46. The Morgan fingerprint density at radius 3 is 2.59 bits per heavy atom. The first-order chi connectivity index (χ1) is 8.25. The zero-order valence-corrected chi connectivity index (χ0v) is 11.7. The quantitative estimate of drug-likeness (QED) is 0.682. The van der Waals surface area contributed by atoms with E-state index in [1.54, 1.807) is 11.3 Å². The number of nitrogens with zero attached hydrogens (tertiary/aromatic N) is 1. The van der Waals surface area contributed by atoms with E-state index < -0.39 is 0 Å². The summed E-state index contributed by atoms with van der Waals surface area (Å²) in [6.45, 7) is 0.730. The summed E-state index contributed by atoms with van der Waals surface area (Å²) in [6.07, 6.45) is 0.934. The molecule has 0 unspecified atom stereocenters. The number of hydrogen-bond acceptors (Lipinski definition) is 2. The number of rotatable bonds is 4. The van der Waals surface area contributed by atoms with Crippen molar-refractivity contribution in [3.8, 4) is 0 Å². The number of aliphatic imine (C=N–C) groups is 1. The molecule has 0 amide bonds. The Balaban J connectivity index is 1.93. The van der Waals surface area contributed by atoms with Gasteiger partial charge in [-0.2, -0.15) is 0 Å². The van der Waals surface area contributed by atoms with Crippen LogP contribution in [0, 0.1) is 0 Å². The van der Waals surface area contributed by atoms with Crippen LogP contribution in [0.2, 0.25) is 0 Å². The minimum absolute atomic E-state index is 0.612. The molecule has 0 aliphatic rings. The monoisotopic (exact) mass is 308 g/mol. The van der Waals surface area contributed by atoms with Crippen molar-refractivity contribution in [2.75, 3.05) is 6.54 Å². The Hall–Kier alpha value is -1.13. The highest BCUT2D eigenvalue weighted by atomic mass is 79.9. The van der Waals surface area contributed by atoms with Crippen LogP contribution in [0.25, 0.3) is 0 Å². The highest BCUT2D eigenvalue weighted by Gasteiger charge is 1.98. The zero-order chi connectivity index (χ0) is 12.1. The van der Waals surface area contributed by atoms with E-state index in [2.05, 4.69) is 33.1 Å². The third-order valence-electron chi connectivity index (χ3n) is 2.34. The van der Waals surface area contributed by atoms with Crippen molar-refractivity contribution < 1.29 is 0 Å². The van der Waals surface area contributed by atoms with Gasteiger partial charge in [0, 0.05) is 23.4 Å². The first-order valence-electron chi connectivity index (χ1n) is 5.35. The maximum atomic E-state index is 5.91. The molecule has 4 heteroatoms. The molecule has 1 aromatic carbocycles. The SMILES string of the molecule is NC(=NCCc1ccc(Br)s1)c1ccccc1. The molecule has 0 aliphatic heterocycles. The second kappa shape index (κ2) is 5.98. The van der Waals surface area contributed by atoms with Gasteiger partial charge < -0.3 is 5.73 Å². The van der Waals surface area contributed by atoms with E-state index in [1.165, 1.54) is 4.88 Å². The third kappa shape index (κ3) is 3.68. The van der Waals surface area contributed by atoms with Crippen molar-refractivity contribution in [1.82, 2.24) is 0 Å². The number of amidine groups is 1. The third-order valence-corrected chi connectivity index (χ3v) is 4.02. The average Bonchev–Trinajstić information content (AvgIpc) is 2.76. The summed E-state index contributed by atoms with van der Waals surface area (Å²) in [4.78, 5) is 5.71. The Morgan fingerprint density at radius 1 is 1.18 bits per heavy atom. The van der Waals surface area contributed by atoms with Gasteiger partial charge in [-0.1, -0.05) is 30.3 Å². The van der Waals surface area contributed by atoms with Crippen LogP contribution in [0.4, 0.5) is 0 Å². The van der Waals surface area contributed by atoms with Gasteiger partial charge >= 0.3 is 0 Å². The topological polar surface area (TPSA) is 38.4 Å². The van der Waals surface area contributed by atoms with Crippen molar-refractivity contribution in [3.63, 3.8) is 0 Å². The number of halogens is 1. The van der Waals surface area contributed by atoms with Crippen molar-refractivity contribution in [3.05, 3.63) is 56.7 Å². The summed E-state index contributed by atoms with van der Waals surface area (Å²) in [6, 6.07) is 14.0. The van der Waals surface area contributed by atoms with E-state index in [-0.39, 0.29) is 0 Å². The number of hydrogen-bond donors (Lipinski definition) is 1. The van der Waals surface area contributed by atoms with Crippen molar-refractivity contribution in [2.24, 2.45) is 10.7 Å². The highest BCUT2D eigenvalue weighted by Crippen LogP contribution is 2.22. The molecule has 0 bridgehead atoms. The van der Waals surface area contributed by atoms with Gasteiger partial charge in [0.25, 0.3) is 0 Å². The number of benzene rings is 1. The Morgan fingerprint density at radius 2 is 1.94 bits per heavy atom. The lowest BCUT2D eigenvalue weighted by molar-refractivity contribution is 0.985. The fraction of sp³-hybridized carbons (Fsp3) is 0.154. The maximum Gasteiger partial charge on any atom is 0.125 e. The fourth-order valence-corrected chi connectivity index (χ4v) is 2.94. The molecule has 2 nitrogen and oxygen atoms in total. The molecule has 0 aliphatic carbocycles. The minimum atomic E-state index is 0.612. The molecule has 0 radical (unpaired) electrons. The van der Waals surface area contributed by atoms with Crippen LogP contribution in [0.1, 0.15) is 10.4 Å². The largest absolute Gasteiger partial charge is 0.384 e. The summed E-state index contributed by atoms with van der Waals surface area (Å²) in [7, 11) is 0. The first kappa shape index (κ1) is 12.3. The molecular formula is C13H13BrN2S. The average molecular weight is 309 g/mol. The summed E-state index contributed by atoms with van der Waals surface area (Å²) >= 11 is 5.19. The summed E-state index contributed by atoms with van der Waals surface area (Å²) in [5.74, 6) is 0.612. The van der Waals surface area contributed by atoms with Gasteiger partial charge in [0.2, 0.25) is 0 Å². The summed E-state index contributed by atoms with van der Waals surface area (Å²) < 4.78 is 1.16. The molecule has 2 N–H and O–H groups in total. The van der Waals surface area contributed by atoms with E-state index in [4.69, 9.17) is 5.73 Å². The van der Waals surface area contributed by atoms with Crippen LogP contribution in [-0.4, -0.2) is 12.4 Å². The van der Waals surface area contributed by atoms with E-state index in [0.717, 1.165) is 22.3 Å². The van der Waals surface area contributed by atoms with Gasteiger partial charge in [-0.15, -0.1) is 11.3 Å². The van der Waals surface area contributed by atoms with Crippen LogP contribution in [0.15, 0.2) is 51.2 Å². The lowest BCUT2D eigenvalue weighted by atomic mass is 10.2. The molecular weight excluding hydrogens is 296 g/mol. The van der Waals surface area contributed by atoms with Gasteiger partial charge in [0.05, 0.1) is 3.79 Å². The number of thiophene rings is 1. The van der Waals surface area contributed by atoms with E-state index in [9.17, 15) is 0 Å². The van der Waals surface area contributed by atoms with Crippen LogP contribution < -0.4 is 5.73 Å². The Labute approximate surface area is 113 Å². The lowest BCUT2D eigenvalue weighted by Crippen LogP contribution is -2.14. The first-order valence-corrected chi connectivity index (χ1v) is 6.96. The normalized spacial score (nSPS) is 11.7. The summed E-state index contributed by atoms with van der Waals surface area (Å²) in [5.41, 5.74) is 6.89. The predicted molar refractivity (Wildman–Crippen MR) is 77.8 cm³/mol. The molecule has 0 atom stereocenters. The Bertz CT molecular complexity index is 505. The second-order valence-electron chi connectivity index (χ2n) is 3.59. The molecule has 88 valence electrons. The molecule has 2 rings (SSSR count). The van der Waals surface area contributed by atoms with E-state index in [1.807, 2.05) is 30.3 Å². The van der Waals surface area contributed by atoms with Gasteiger partial charge in [-0.3, -0.25) is 4.99 Å². The second-order valence-corrected chi connectivity index (χ2v) is 6.14. The highest BCUT2D eigenvalue weighted by molar-refractivity contribution is 9.11. The van der Waals surface area contributed by atoms with Crippen LogP contribution in [0.3, 0.4) is 0 Å². The van der Waals surface area contributed by atoms with Gasteiger partial charge in [-0.25, -0.2) is 0 Å². The minimum Gasteiger partial charge on any atom is -0.384 e. The smallest absolute Gasteiger partial charge is 0.125 e. The van der Waals surface area contributed by atoms with E-state index >= 15 is 0 Å². The maximum absolute atomic E-state index is 5.91. The Kier molecular flexibility index (Phi) is 4.34. The molecule has 2 aromatic rings. The van der Waals surface area contributed by atoms with Crippen molar-refractivity contribution in [1.29, 1.82) is 0 Å². The molecule has 17 heavy (non-hydrogen) atoms. The summed E-state index contributed by atoms with van der Waals surface area (Å²) in [5, 5.41) is 0. The van der Waals surface area contributed by atoms with Crippen molar-refractivity contribution in [2.45, 2.75) is 6.42 Å². The molecule has 1 aromatic heterocycles. The van der Waals surface area contributed by atoms with E-state index in [0.29, 0.717) is 5.84 Å². The van der Waals surface area contributed by atoms with Gasteiger partial charge in [0.15, 0.2) is 0 Å². The van der Waals surface area contributed by atoms with Crippen LogP contribution in [-0.2, 0) is 6.42 Å². The molecule has 1 heterocycles. The number of nitrogens with two attached hydrogens (primary N) is 1. The standard InChI is InChI=1S/C13H13BrN2S/c14-12-7-6-11(17-12)8-9-16-13(15)10-4-2-1-3-5-10/h1-7H,8-9H2,(H2,15,16). The lowest BCUT2D eigenvalue weighted by Gasteiger charge is -2.00. The van der Waals surface area contributed by atoms with Crippen molar-refractivity contribution >= 4 is 33.1 Å². The zero-order valence-electron chi connectivity index (χ0n) is 9.27. The molecule has 0 fully saturated rings.